The number of halogens is 1. The molecule has 1 heterocycles. The highest BCUT2D eigenvalue weighted by atomic mass is 79.9. The number of hydrogen-bond donors (Lipinski definition) is 2. The van der Waals surface area contributed by atoms with Crippen LogP contribution in [-0.2, 0) is 6.54 Å². The Kier molecular flexibility index (Phi) is 5.03. The van der Waals surface area contributed by atoms with Gasteiger partial charge in [-0.15, -0.1) is 0 Å². The normalized spacial score (nSPS) is 19.5. The minimum absolute atomic E-state index is 0.243. The Morgan fingerprint density at radius 1 is 1.50 bits per heavy atom. The lowest BCUT2D eigenvalue weighted by Crippen LogP contribution is -2.33. The molecule has 100 valence electrons. The number of hydrogen-bond acceptors (Lipinski definition) is 3. The summed E-state index contributed by atoms with van der Waals surface area (Å²) in [4.78, 5) is 2.34. The standard InChI is InChI=1S/C14H21BrN2O/c1-2-16-9-11-5-6-12(15)8-14(11)17-7-3-4-13(17)10-18/h5-6,8,13,16,18H,2-4,7,9-10H2,1H3. The van der Waals surface area contributed by atoms with E-state index in [0.29, 0.717) is 0 Å². The number of nitrogens with one attached hydrogen (secondary N) is 1. The molecule has 1 aromatic rings. The highest BCUT2D eigenvalue weighted by Gasteiger charge is 2.25. The van der Waals surface area contributed by atoms with Crippen LogP contribution in [0.2, 0.25) is 0 Å². The lowest BCUT2D eigenvalue weighted by atomic mass is 10.1. The van der Waals surface area contributed by atoms with Gasteiger partial charge in [-0.2, -0.15) is 0 Å². The number of nitrogens with zero attached hydrogens (tertiary/aromatic N) is 1. The third-order valence-electron chi connectivity index (χ3n) is 3.51. The Labute approximate surface area is 117 Å². The average molecular weight is 313 g/mol. The van der Waals surface area contributed by atoms with Crippen molar-refractivity contribution in [3.05, 3.63) is 28.2 Å². The minimum atomic E-state index is 0.243. The van der Waals surface area contributed by atoms with E-state index in [1.807, 2.05) is 0 Å². The highest BCUT2D eigenvalue weighted by Crippen LogP contribution is 2.31. The van der Waals surface area contributed by atoms with Crippen molar-refractivity contribution in [2.45, 2.75) is 32.4 Å². The smallest absolute Gasteiger partial charge is 0.0635 e. The van der Waals surface area contributed by atoms with E-state index in [-0.39, 0.29) is 12.6 Å². The van der Waals surface area contributed by atoms with Gasteiger partial charge in [0.25, 0.3) is 0 Å². The van der Waals surface area contributed by atoms with Gasteiger partial charge in [-0.25, -0.2) is 0 Å². The molecule has 1 unspecified atom stereocenters. The molecule has 2 N–H and O–H groups in total. The van der Waals surface area contributed by atoms with E-state index in [4.69, 9.17) is 0 Å². The molecule has 0 saturated carbocycles. The Balaban J connectivity index is 2.26. The molecule has 2 rings (SSSR count). The fraction of sp³-hybridized carbons (Fsp3) is 0.571. The van der Waals surface area contributed by atoms with Gasteiger partial charge in [0.2, 0.25) is 0 Å². The zero-order valence-electron chi connectivity index (χ0n) is 10.8. The van der Waals surface area contributed by atoms with Crippen molar-refractivity contribution in [2.75, 3.05) is 24.6 Å². The van der Waals surface area contributed by atoms with E-state index >= 15 is 0 Å². The molecule has 1 fully saturated rings. The molecule has 1 aliphatic rings. The molecule has 0 aromatic heterocycles. The second kappa shape index (κ2) is 6.55. The number of benzene rings is 1. The van der Waals surface area contributed by atoms with Gasteiger partial charge < -0.3 is 15.3 Å². The van der Waals surface area contributed by atoms with Crippen LogP contribution in [0, 0.1) is 0 Å². The Bertz CT molecular complexity index is 397. The highest BCUT2D eigenvalue weighted by molar-refractivity contribution is 9.10. The molecule has 0 aliphatic carbocycles. The van der Waals surface area contributed by atoms with E-state index < -0.39 is 0 Å². The summed E-state index contributed by atoms with van der Waals surface area (Å²) in [5.41, 5.74) is 2.56. The number of anilines is 1. The lowest BCUT2D eigenvalue weighted by Gasteiger charge is -2.28. The summed E-state index contributed by atoms with van der Waals surface area (Å²) >= 11 is 3.54. The molecular weight excluding hydrogens is 292 g/mol. The first kappa shape index (κ1) is 13.8. The summed E-state index contributed by atoms with van der Waals surface area (Å²) in [5.74, 6) is 0. The summed E-state index contributed by atoms with van der Waals surface area (Å²) in [6.45, 7) is 5.26. The fourth-order valence-corrected chi connectivity index (χ4v) is 2.91. The molecule has 4 heteroatoms. The quantitative estimate of drug-likeness (QED) is 0.877. The summed E-state index contributed by atoms with van der Waals surface area (Å²) in [5, 5.41) is 12.8. The SMILES string of the molecule is CCNCc1ccc(Br)cc1N1CCCC1CO. The van der Waals surface area contributed by atoms with Crippen molar-refractivity contribution >= 4 is 21.6 Å². The Morgan fingerprint density at radius 3 is 3.06 bits per heavy atom. The predicted molar refractivity (Wildman–Crippen MR) is 79.0 cm³/mol. The molecule has 3 nitrogen and oxygen atoms in total. The lowest BCUT2D eigenvalue weighted by molar-refractivity contribution is 0.266. The molecule has 0 radical (unpaired) electrons. The molecule has 0 amide bonds. The maximum absolute atomic E-state index is 9.47. The van der Waals surface area contributed by atoms with E-state index in [1.54, 1.807) is 0 Å². The number of aliphatic hydroxyl groups excluding tert-OH is 1. The van der Waals surface area contributed by atoms with Crippen LogP contribution >= 0.6 is 15.9 Å². The van der Waals surface area contributed by atoms with Crippen LogP contribution in [0.15, 0.2) is 22.7 Å². The second-order valence-corrected chi connectivity index (χ2v) is 5.64. The van der Waals surface area contributed by atoms with Crippen LogP contribution in [0.5, 0.6) is 0 Å². The summed E-state index contributed by atoms with van der Waals surface area (Å²) in [6.07, 6.45) is 2.25. The summed E-state index contributed by atoms with van der Waals surface area (Å²) in [7, 11) is 0. The average Bonchev–Trinajstić information content (AvgIpc) is 2.85. The molecule has 1 aliphatic heterocycles. The van der Waals surface area contributed by atoms with Crippen LogP contribution < -0.4 is 10.2 Å². The van der Waals surface area contributed by atoms with Crippen LogP contribution in [0.3, 0.4) is 0 Å². The van der Waals surface area contributed by atoms with Crippen LogP contribution in [-0.4, -0.2) is 30.8 Å². The van der Waals surface area contributed by atoms with Gasteiger partial charge in [-0.05, 0) is 37.1 Å². The second-order valence-electron chi connectivity index (χ2n) is 4.73. The maximum atomic E-state index is 9.47. The maximum Gasteiger partial charge on any atom is 0.0635 e. The Morgan fingerprint density at radius 2 is 2.33 bits per heavy atom. The van der Waals surface area contributed by atoms with Gasteiger partial charge in [-0.3, -0.25) is 0 Å². The first-order valence-electron chi connectivity index (χ1n) is 6.63. The molecular formula is C14H21BrN2O. The molecule has 18 heavy (non-hydrogen) atoms. The van der Waals surface area contributed by atoms with Gasteiger partial charge in [0.15, 0.2) is 0 Å². The Hall–Kier alpha value is -0.580. The van der Waals surface area contributed by atoms with Crippen molar-refractivity contribution in [1.29, 1.82) is 0 Å². The molecule has 1 aromatic carbocycles. The first-order chi connectivity index (χ1) is 8.76. The van der Waals surface area contributed by atoms with Crippen molar-refractivity contribution < 1.29 is 5.11 Å². The molecule has 0 bridgehead atoms. The topological polar surface area (TPSA) is 35.5 Å². The van der Waals surface area contributed by atoms with E-state index in [2.05, 4.69) is 51.3 Å². The summed E-state index contributed by atoms with van der Waals surface area (Å²) < 4.78 is 1.10. The van der Waals surface area contributed by atoms with Crippen molar-refractivity contribution in [1.82, 2.24) is 5.32 Å². The van der Waals surface area contributed by atoms with Crippen molar-refractivity contribution in [2.24, 2.45) is 0 Å². The number of rotatable bonds is 5. The molecule has 0 spiro atoms. The third kappa shape index (κ3) is 3.05. The summed E-state index contributed by atoms with van der Waals surface area (Å²) in [6, 6.07) is 6.69. The molecule has 1 saturated heterocycles. The van der Waals surface area contributed by atoms with Gasteiger partial charge in [-0.1, -0.05) is 28.9 Å². The number of aliphatic hydroxyl groups is 1. The third-order valence-corrected chi connectivity index (χ3v) is 4.00. The largest absolute Gasteiger partial charge is 0.394 e. The van der Waals surface area contributed by atoms with Gasteiger partial charge >= 0.3 is 0 Å². The van der Waals surface area contributed by atoms with Crippen LogP contribution in [0.1, 0.15) is 25.3 Å². The van der Waals surface area contributed by atoms with E-state index in [0.717, 1.165) is 30.5 Å². The van der Waals surface area contributed by atoms with Gasteiger partial charge in [0.1, 0.15) is 0 Å². The van der Waals surface area contributed by atoms with Crippen LogP contribution in [0.25, 0.3) is 0 Å². The zero-order chi connectivity index (χ0) is 13.0. The zero-order valence-corrected chi connectivity index (χ0v) is 12.4. The minimum Gasteiger partial charge on any atom is -0.394 e. The van der Waals surface area contributed by atoms with Crippen molar-refractivity contribution in [3.63, 3.8) is 0 Å². The van der Waals surface area contributed by atoms with Crippen LogP contribution in [0.4, 0.5) is 5.69 Å². The van der Waals surface area contributed by atoms with Gasteiger partial charge in [0, 0.05) is 23.2 Å². The first-order valence-corrected chi connectivity index (χ1v) is 7.42. The van der Waals surface area contributed by atoms with Gasteiger partial charge in [0.05, 0.1) is 12.6 Å². The fourth-order valence-electron chi connectivity index (χ4n) is 2.56. The predicted octanol–water partition coefficient (Wildman–Crippen LogP) is 2.52. The monoisotopic (exact) mass is 312 g/mol. The van der Waals surface area contributed by atoms with E-state index in [1.165, 1.54) is 17.7 Å². The van der Waals surface area contributed by atoms with E-state index in [9.17, 15) is 5.11 Å². The molecule has 1 atom stereocenters. The van der Waals surface area contributed by atoms with Crippen molar-refractivity contribution in [3.8, 4) is 0 Å².